The van der Waals surface area contributed by atoms with Gasteiger partial charge >= 0.3 is 11.4 Å². The SMILES string of the molecule is Cn1c(=O)[nH]cc(C(N)=O)c1=O.Cn1c(=O)c(C(N)=O)cn(Cc2nnn(C[C@H](O)c3ccc(Cl)cc3)n2)c1=O.O[C@@H](Cn1nnc(CCl)n1)c1ccc(Cl)cc1. The Balaban J connectivity index is 0.000000210. The van der Waals surface area contributed by atoms with Gasteiger partial charge in [-0.3, -0.25) is 32.9 Å². The zero-order valence-corrected chi connectivity index (χ0v) is 32.1. The summed E-state index contributed by atoms with van der Waals surface area (Å²) in [6, 6.07) is 13.6. The van der Waals surface area contributed by atoms with E-state index in [4.69, 9.17) is 46.3 Å². The van der Waals surface area contributed by atoms with Crippen molar-refractivity contribution in [3.05, 3.63) is 147 Å². The highest BCUT2D eigenvalue weighted by Crippen LogP contribution is 2.18. The number of aliphatic hydroxyl groups excluding tert-OH is 2. The molecule has 0 fully saturated rings. The van der Waals surface area contributed by atoms with Gasteiger partial charge in [0.25, 0.3) is 22.9 Å². The number of aromatic nitrogens is 12. The number of nitrogens with one attached hydrogen (secondary N) is 1. The van der Waals surface area contributed by atoms with Crippen molar-refractivity contribution in [1.82, 2.24) is 59.1 Å². The lowest BCUT2D eigenvalue weighted by atomic mass is 10.1. The van der Waals surface area contributed by atoms with Crippen LogP contribution in [0, 0.1) is 0 Å². The number of benzene rings is 2. The highest BCUT2D eigenvalue weighted by atomic mass is 35.5. The number of alkyl halides is 1. The number of aromatic amines is 1. The van der Waals surface area contributed by atoms with E-state index in [2.05, 4.69) is 35.8 Å². The smallest absolute Gasteiger partial charge is 0.331 e. The van der Waals surface area contributed by atoms with Crippen molar-refractivity contribution < 1.29 is 19.8 Å². The summed E-state index contributed by atoms with van der Waals surface area (Å²) >= 11 is 17.1. The maximum atomic E-state index is 12.2. The summed E-state index contributed by atoms with van der Waals surface area (Å²) in [5, 5.41) is 44.6. The standard InChI is InChI=1S/C16H16ClN7O4.C10H10Cl2N4O.C6H7N3O3/c1-22-15(27)11(14(18)26)6-23(16(22)28)8-13-19-21-24(20-13)7-12(25)9-2-4-10(17)5-3-9;11-5-10-13-15-16(14-10)6-9(17)7-1-3-8(12)4-2-7;1-9-5(11)3(4(7)10)2-8-6(9)12/h2-6,12,25H,7-8H2,1H3,(H2,18,26);1-4,9,17H,5-6H2;2H,1H3,(H2,7,10)(H,8,12)/t12-;9-;/m00./s1. The molecule has 6 aromatic rings. The van der Waals surface area contributed by atoms with Crippen LogP contribution in [-0.2, 0) is 39.6 Å². The van der Waals surface area contributed by atoms with Gasteiger partial charge in [-0.1, -0.05) is 47.5 Å². The second kappa shape index (κ2) is 19.5. The number of tetrazole rings is 2. The van der Waals surface area contributed by atoms with Crippen LogP contribution in [0.15, 0.2) is 80.1 Å². The topological polar surface area (TPSA) is 313 Å². The number of H-pyrrole nitrogens is 1. The maximum Gasteiger partial charge on any atom is 0.331 e. The van der Waals surface area contributed by atoms with Gasteiger partial charge in [0.2, 0.25) is 0 Å². The summed E-state index contributed by atoms with van der Waals surface area (Å²) in [4.78, 5) is 72.6. The molecule has 0 aliphatic carbocycles. The zero-order valence-electron chi connectivity index (χ0n) is 29.8. The van der Waals surface area contributed by atoms with Gasteiger partial charge < -0.3 is 26.7 Å². The molecule has 0 aliphatic heterocycles. The fourth-order valence-corrected chi connectivity index (χ4v) is 4.98. The Morgan fingerprint density at radius 3 is 1.65 bits per heavy atom. The maximum absolute atomic E-state index is 12.2. The summed E-state index contributed by atoms with van der Waals surface area (Å²) in [6.45, 7) is 0.124. The van der Waals surface area contributed by atoms with Gasteiger partial charge in [-0.15, -0.1) is 32.0 Å². The summed E-state index contributed by atoms with van der Waals surface area (Å²) < 4.78 is 2.63. The van der Waals surface area contributed by atoms with Crippen molar-refractivity contribution in [3.63, 3.8) is 0 Å². The molecule has 0 spiro atoms. The molecular weight excluding hydrogens is 815 g/mol. The highest BCUT2D eigenvalue weighted by molar-refractivity contribution is 6.30. The molecule has 2 atom stereocenters. The van der Waals surface area contributed by atoms with Gasteiger partial charge in [-0.25, -0.2) is 9.59 Å². The van der Waals surface area contributed by atoms with Crippen LogP contribution in [0.1, 0.15) is 55.7 Å². The van der Waals surface area contributed by atoms with Gasteiger partial charge in [0.05, 0.1) is 25.5 Å². The Bertz CT molecular complexity index is 2580. The van der Waals surface area contributed by atoms with Gasteiger partial charge in [-0.05, 0) is 45.8 Å². The Hall–Kier alpha value is -6.33. The summed E-state index contributed by atoms with van der Waals surface area (Å²) in [5.74, 6) is -1.00. The molecule has 4 heterocycles. The molecular formula is C32H33Cl3N14O8. The Morgan fingerprint density at radius 1 is 0.737 bits per heavy atom. The summed E-state index contributed by atoms with van der Waals surface area (Å²) in [7, 11) is 2.49. The summed E-state index contributed by atoms with van der Waals surface area (Å²) in [6.07, 6.45) is 0.481. The van der Waals surface area contributed by atoms with Crippen LogP contribution < -0.4 is 34.0 Å². The van der Waals surface area contributed by atoms with Gasteiger partial charge in [0.15, 0.2) is 11.6 Å². The minimum absolute atomic E-state index is 0.0311. The van der Waals surface area contributed by atoms with Crippen LogP contribution in [0.4, 0.5) is 0 Å². The first-order valence-electron chi connectivity index (χ1n) is 16.1. The van der Waals surface area contributed by atoms with Crippen LogP contribution in [0.2, 0.25) is 10.0 Å². The molecule has 4 aromatic heterocycles. The average molecular weight is 848 g/mol. The Morgan fingerprint density at radius 2 is 1.19 bits per heavy atom. The largest absolute Gasteiger partial charge is 0.386 e. The molecule has 0 aliphatic rings. The van der Waals surface area contributed by atoms with E-state index in [1.165, 1.54) is 23.7 Å². The number of carbonyl (C=O) groups excluding carboxylic acids is 2. The lowest BCUT2D eigenvalue weighted by molar-refractivity contribution is 0.0989. The fraction of sp³-hybridized carbons (Fsp3) is 0.250. The first-order valence-corrected chi connectivity index (χ1v) is 17.4. The van der Waals surface area contributed by atoms with Crippen molar-refractivity contribution in [2.45, 2.75) is 37.7 Å². The Labute approximate surface area is 334 Å². The van der Waals surface area contributed by atoms with E-state index in [1.807, 2.05) is 0 Å². The number of rotatable bonds is 11. The molecule has 57 heavy (non-hydrogen) atoms. The van der Waals surface area contributed by atoms with E-state index >= 15 is 0 Å². The first kappa shape index (κ1) is 43.4. The third kappa shape index (κ3) is 11.6. The van der Waals surface area contributed by atoms with Crippen molar-refractivity contribution in [2.75, 3.05) is 0 Å². The van der Waals surface area contributed by atoms with Crippen LogP contribution >= 0.6 is 34.8 Å². The molecule has 0 saturated carbocycles. The molecule has 22 nitrogen and oxygen atoms in total. The third-order valence-electron chi connectivity index (χ3n) is 7.67. The molecule has 300 valence electrons. The number of amides is 2. The molecule has 0 radical (unpaired) electrons. The lowest BCUT2D eigenvalue weighted by Gasteiger charge is -2.09. The van der Waals surface area contributed by atoms with E-state index in [0.29, 0.717) is 21.4 Å². The molecule has 0 saturated heterocycles. The van der Waals surface area contributed by atoms with E-state index in [0.717, 1.165) is 31.7 Å². The number of carbonyl (C=O) groups is 2. The third-order valence-corrected chi connectivity index (χ3v) is 8.41. The minimum Gasteiger partial charge on any atom is -0.386 e. The van der Waals surface area contributed by atoms with Crippen LogP contribution in [-0.4, -0.2) is 81.1 Å². The molecule has 0 bridgehead atoms. The fourth-order valence-electron chi connectivity index (χ4n) is 4.62. The monoisotopic (exact) mass is 846 g/mol. The van der Waals surface area contributed by atoms with Crippen molar-refractivity contribution >= 4 is 46.6 Å². The van der Waals surface area contributed by atoms with Crippen LogP contribution in [0.5, 0.6) is 0 Å². The lowest BCUT2D eigenvalue weighted by Crippen LogP contribution is -2.42. The first-order chi connectivity index (χ1) is 27.0. The number of aliphatic hydroxyl groups is 2. The Kier molecular flexibility index (Phi) is 14.8. The van der Waals surface area contributed by atoms with Crippen LogP contribution in [0.25, 0.3) is 0 Å². The molecule has 0 unspecified atom stereocenters. The number of nitrogens with zero attached hydrogens (tertiary/aromatic N) is 11. The normalized spacial score (nSPS) is 11.8. The number of hydrogen-bond acceptors (Lipinski definition) is 14. The number of primary amides is 2. The summed E-state index contributed by atoms with van der Waals surface area (Å²) in [5.41, 5.74) is 8.15. The van der Waals surface area contributed by atoms with Crippen molar-refractivity contribution in [3.8, 4) is 0 Å². The van der Waals surface area contributed by atoms with Gasteiger partial charge in [-0.2, -0.15) is 9.59 Å². The molecule has 6 rings (SSSR count). The van der Waals surface area contributed by atoms with E-state index in [9.17, 15) is 39.0 Å². The average Bonchev–Trinajstić information content (AvgIpc) is 3.83. The number of nitrogens with two attached hydrogens (primary N) is 2. The van der Waals surface area contributed by atoms with E-state index < -0.39 is 46.5 Å². The van der Waals surface area contributed by atoms with Gasteiger partial charge in [0, 0.05) is 36.5 Å². The minimum atomic E-state index is -0.947. The zero-order chi connectivity index (χ0) is 42.0. The van der Waals surface area contributed by atoms with Crippen LogP contribution in [0.3, 0.4) is 0 Å². The molecule has 2 amide bonds. The quantitative estimate of drug-likeness (QED) is 0.0982. The second-order valence-electron chi connectivity index (χ2n) is 11.7. The van der Waals surface area contributed by atoms with Crippen molar-refractivity contribution in [2.24, 2.45) is 25.6 Å². The predicted octanol–water partition coefficient (Wildman–Crippen LogP) is -0.961. The predicted molar refractivity (Wildman–Crippen MR) is 202 cm³/mol. The van der Waals surface area contributed by atoms with E-state index in [1.54, 1.807) is 48.5 Å². The van der Waals surface area contributed by atoms with Gasteiger partial charge in [0.1, 0.15) is 23.3 Å². The number of hydrogen-bond donors (Lipinski definition) is 5. The molecule has 7 N–H and O–H groups in total. The van der Waals surface area contributed by atoms with Crippen molar-refractivity contribution in [1.29, 1.82) is 0 Å². The molecule has 25 heteroatoms. The highest BCUT2D eigenvalue weighted by Gasteiger charge is 2.16. The molecule has 2 aromatic carbocycles. The van der Waals surface area contributed by atoms with E-state index in [-0.39, 0.29) is 42.5 Å². The number of halogens is 3. The second-order valence-corrected chi connectivity index (χ2v) is 12.8.